The van der Waals surface area contributed by atoms with Crippen LogP contribution in [0, 0.1) is 11.6 Å². The largest absolute Gasteiger partial charge is 0.370 e. The zero-order valence-corrected chi connectivity index (χ0v) is 17.7. The van der Waals surface area contributed by atoms with E-state index >= 15 is 0 Å². The van der Waals surface area contributed by atoms with Gasteiger partial charge in [0, 0.05) is 25.0 Å². The number of hydrogen-bond donors (Lipinski definition) is 2. The van der Waals surface area contributed by atoms with Crippen LogP contribution >= 0.6 is 0 Å². The van der Waals surface area contributed by atoms with Crippen LogP contribution in [0.3, 0.4) is 0 Å². The number of aryl methyl sites for hydroxylation is 1. The molecule has 1 amide bonds. The number of benzene rings is 2. The number of allylic oxidation sites excluding steroid dienone is 1. The summed E-state index contributed by atoms with van der Waals surface area (Å²) in [7, 11) is 0. The third-order valence-corrected chi connectivity index (χ3v) is 6.24. The molecule has 0 fully saturated rings. The second-order valence-electron chi connectivity index (χ2n) is 8.36. The summed E-state index contributed by atoms with van der Waals surface area (Å²) in [6.07, 6.45) is 3.86. The van der Waals surface area contributed by atoms with Gasteiger partial charge in [0.1, 0.15) is 23.1 Å². The summed E-state index contributed by atoms with van der Waals surface area (Å²) in [5.41, 5.74) is 3.21. The smallest absolute Gasteiger partial charge is 0.272 e. The maximum Gasteiger partial charge on any atom is 0.272 e. The van der Waals surface area contributed by atoms with Crippen molar-refractivity contribution in [2.75, 3.05) is 11.9 Å². The molecule has 166 valence electrons. The van der Waals surface area contributed by atoms with Gasteiger partial charge in [-0.25, -0.2) is 13.8 Å². The van der Waals surface area contributed by atoms with Crippen molar-refractivity contribution in [2.45, 2.75) is 25.9 Å². The normalized spacial score (nSPS) is 14.5. The van der Waals surface area contributed by atoms with Gasteiger partial charge in [0.15, 0.2) is 5.82 Å². The number of amides is 1. The number of hydrogen-bond acceptors (Lipinski definition) is 3. The lowest BCUT2D eigenvalue weighted by Gasteiger charge is -2.14. The molecule has 33 heavy (non-hydrogen) atoms. The van der Waals surface area contributed by atoms with Gasteiger partial charge in [-0.3, -0.25) is 4.79 Å². The minimum absolute atomic E-state index is 0.235. The maximum atomic E-state index is 14.5. The number of aromatic nitrogens is 3. The lowest BCUT2D eigenvalue weighted by molar-refractivity contribution is 0.0965. The molecule has 4 aromatic rings. The van der Waals surface area contributed by atoms with Gasteiger partial charge in [-0.1, -0.05) is 18.2 Å². The van der Waals surface area contributed by atoms with Crippen LogP contribution < -0.4 is 10.6 Å². The monoisotopic (exact) mass is 445 g/mol. The van der Waals surface area contributed by atoms with E-state index < -0.39 is 5.82 Å². The topological polar surface area (TPSA) is 63.9 Å². The molecule has 0 spiro atoms. The number of fused-ring (bicyclic) bond motifs is 4. The van der Waals surface area contributed by atoms with Crippen molar-refractivity contribution in [2.24, 2.45) is 0 Å². The van der Waals surface area contributed by atoms with Crippen LogP contribution in [0.25, 0.3) is 16.6 Å². The molecule has 2 aromatic carbocycles. The molecule has 2 aliphatic heterocycles. The van der Waals surface area contributed by atoms with Crippen molar-refractivity contribution in [1.82, 2.24) is 19.4 Å². The Labute approximate surface area is 188 Å². The first-order valence-corrected chi connectivity index (χ1v) is 11.0. The Hall–Kier alpha value is -3.94. The molecule has 0 aliphatic carbocycles. The van der Waals surface area contributed by atoms with Crippen molar-refractivity contribution in [3.8, 4) is 0 Å². The molecular weight excluding hydrogens is 424 g/mol. The number of nitrogens with zero attached hydrogens (tertiary/aromatic N) is 3. The molecule has 2 aliphatic rings. The van der Waals surface area contributed by atoms with E-state index in [1.54, 1.807) is 34.9 Å². The fourth-order valence-corrected chi connectivity index (χ4v) is 4.71. The number of anilines is 1. The van der Waals surface area contributed by atoms with Gasteiger partial charge in [0.2, 0.25) is 0 Å². The summed E-state index contributed by atoms with van der Waals surface area (Å²) in [5.74, 6) is 0.604. The highest BCUT2D eigenvalue weighted by atomic mass is 19.1. The Bertz CT molecular complexity index is 1450. The Kier molecular flexibility index (Phi) is 4.53. The standard InChI is InChI=1S/C25H21F2N5O/c26-16-5-1-4-15(12-16)14-32-21-8-2-6-18(27)17(21)13-22(32)25(33)30-20-9-11-31-23-19(29-24(20)31)7-3-10-28-23/h1-2,4-6,8-9,12-13,28H,3,7,10-11,14H2,(H,30,33). The van der Waals surface area contributed by atoms with E-state index in [9.17, 15) is 13.6 Å². The van der Waals surface area contributed by atoms with Gasteiger partial charge in [0.25, 0.3) is 5.91 Å². The molecule has 0 unspecified atom stereocenters. The SMILES string of the molecule is O=C(NC1=CCn2c1nc1c2NCCC1)c1cc2c(F)cccc2n1Cc1cccc(F)c1. The molecule has 0 atom stereocenters. The van der Waals surface area contributed by atoms with Crippen LogP contribution in [-0.2, 0) is 19.5 Å². The molecular formula is C25H21F2N5O. The first kappa shape index (κ1) is 19.7. The number of rotatable bonds is 4. The highest BCUT2D eigenvalue weighted by Gasteiger charge is 2.27. The molecule has 2 N–H and O–H groups in total. The van der Waals surface area contributed by atoms with Crippen LogP contribution in [0.2, 0.25) is 0 Å². The van der Waals surface area contributed by atoms with Gasteiger partial charge in [0.05, 0.1) is 16.9 Å². The highest BCUT2D eigenvalue weighted by molar-refractivity contribution is 6.02. The molecule has 6 rings (SSSR count). The zero-order chi connectivity index (χ0) is 22.5. The molecule has 2 aromatic heterocycles. The predicted octanol–water partition coefficient (Wildman–Crippen LogP) is 4.31. The maximum absolute atomic E-state index is 14.5. The second-order valence-corrected chi connectivity index (χ2v) is 8.36. The van der Waals surface area contributed by atoms with Gasteiger partial charge in [-0.05, 0) is 54.8 Å². The van der Waals surface area contributed by atoms with Crippen LogP contribution in [0.4, 0.5) is 14.6 Å². The average molecular weight is 445 g/mol. The molecule has 0 saturated heterocycles. The van der Waals surface area contributed by atoms with E-state index in [1.807, 2.05) is 6.08 Å². The highest BCUT2D eigenvalue weighted by Crippen LogP contribution is 2.31. The predicted molar refractivity (Wildman–Crippen MR) is 122 cm³/mol. The lowest BCUT2D eigenvalue weighted by atomic mass is 10.2. The van der Waals surface area contributed by atoms with E-state index in [2.05, 4.69) is 15.2 Å². The molecule has 0 bridgehead atoms. The van der Waals surface area contributed by atoms with Crippen molar-refractivity contribution >= 4 is 28.3 Å². The van der Waals surface area contributed by atoms with Crippen LogP contribution in [0.15, 0.2) is 54.6 Å². The molecule has 4 heterocycles. The first-order chi connectivity index (χ1) is 16.1. The minimum Gasteiger partial charge on any atom is -0.370 e. The van der Waals surface area contributed by atoms with Crippen molar-refractivity contribution < 1.29 is 13.6 Å². The lowest BCUT2D eigenvalue weighted by Crippen LogP contribution is -2.25. The van der Waals surface area contributed by atoms with E-state index in [-0.39, 0.29) is 18.3 Å². The summed E-state index contributed by atoms with van der Waals surface area (Å²) in [6.45, 7) is 1.77. The number of carbonyl (C=O) groups is 1. The number of carbonyl (C=O) groups excluding carboxylic acids is 1. The fourth-order valence-electron chi connectivity index (χ4n) is 4.71. The Morgan fingerprint density at radius 3 is 2.91 bits per heavy atom. The van der Waals surface area contributed by atoms with E-state index in [0.717, 1.165) is 36.7 Å². The Morgan fingerprint density at radius 1 is 1.15 bits per heavy atom. The molecule has 0 radical (unpaired) electrons. The van der Waals surface area contributed by atoms with Crippen molar-refractivity contribution in [3.05, 3.63) is 89.0 Å². The van der Waals surface area contributed by atoms with E-state index in [1.165, 1.54) is 18.2 Å². The first-order valence-electron chi connectivity index (χ1n) is 11.0. The van der Waals surface area contributed by atoms with E-state index in [0.29, 0.717) is 34.4 Å². The molecule has 8 heteroatoms. The summed E-state index contributed by atoms with van der Waals surface area (Å²) in [6, 6.07) is 12.5. The number of halogens is 2. The minimum atomic E-state index is -0.408. The second kappa shape index (κ2) is 7.58. The summed E-state index contributed by atoms with van der Waals surface area (Å²) in [4.78, 5) is 18.1. The van der Waals surface area contributed by atoms with Crippen molar-refractivity contribution in [1.29, 1.82) is 0 Å². The van der Waals surface area contributed by atoms with Crippen LogP contribution in [0.5, 0.6) is 0 Å². The van der Waals surface area contributed by atoms with Crippen molar-refractivity contribution in [3.63, 3.8) is 0 Å². The summed E-state index contributed by atoms with van der Waals surface area (Å²) < 4.78 is 32.1. The quantitative estimate of drug-likeness (QED) is 0.492. The van der Waals surface area contributed by atoms with Gasteiger partial charge >= 0.3 is 0 Å². The summed E-state index contributed by atoms with van der Waals surface area (Å²) in [5, 5.41) is 6.71. The third-order valence-electron chi connectivity index (χ3n) is 6.24. The number of imidazole rings is 1. The number of nitrogens with one attached hydrogen (secondary N) is 2. The summed E-state index contributed by atoms with van der Waals surface area (Å²) >= 11 is 0. The zero-order valence-electron chi connectivity index (χ0n) is 17.7. The van der Waals surface area contributed by atoms with Gasteiger partial charge in [-0.2, -0.15) is 0 Å². The third kappa shape index (κ3) is 3.29. The average Bonchev–Trinajstić information content (AvgIpc) is 3.48. The van der Waals surface area contributed by atoms with E-state index in [4.69, 9.17) is 4.98 Å². The van der Waals surface area contributed by atoms with Gasteiger partial charge < -0.3 is 19.8 Å². The van der Waals surface area contributed by atoms with Crippen LogP contribution in [0.1, 0.15) is 34.0 Å². The molecule has 6 nitrogen and oxygen atoms in total. The Balaban J connectivity index is 1.36. The molecule has 0 saturated carbocycles. The Morgan fingerprint density at radius 2 is 2.03 bits per heavy atom. The van der Waals surface area contributed by atoms with Crippen LogP contribution in [-0.4, -0.2) is 26.6 Å². The van der Waals surface area contributed by atoms with Gasteiger partial charge in [-0.15, -0.1) is 0 Å². The fraction of sp³-hybridized carbons (Fsp3) is 0.200.